The molecule has 28 heavy (non-hydrogen) atoms. The predicted molar refractivity (Wildman–Crippen MR) is 111 cm³/mol. The van der Waals surface area contributed by atoms with Crippen LogP contribution in [0, 0.1) is 5.82 Å². The number of anilines is 1. The summed E-state index contributed by atoms with van der Waals surface area (Å²) in [5.41, 5.74) is 7.53. The number of hydrogen-bond donors (Lipinski definition) is 3. The molecule has 0 heterocycles. The Morgan fingerprint density at radius 3 is 2.32 bits per heavy atom. The molecule has 0 aliphatic rings. The van der Waals surface area contributed by atoms with Crippen molar-refractivity contribution in [1.29, 1.82) is 0 Å². The van der Waals surface area contributed by atoms with E-state index in [0.29, 0.717) is 11.4 Å². The number of amides is 1. The average Bonchev–Trinajstić information content (AvgIpc) is 2.73. The Balaban J connectivity index is 1.50. The number of hydrogen-bond acceptors (Lipinski definition) is 3. The summed E-state index contributed by atoms with van der Waals surface area (Å²) in [5.74, 6) is -0.132. The van der Waals surface area contributed by atoms with Gasteiger partial charge in [-0.05, 0) is 48.1 Å². The van der Waals surface area contributed by atoms with Crippen LogP contribution in [-0.4, -0.2) is 17.6 Å². The van der Waals surface area contributed by atoms with Gasteiger partial charge in [0.25, 0.3) is 5.91 Å². The van der Waals surface area contributed by atoms with E-state index in [1.54, 1.807) is 0 Å². The van der Waals surface area contributed by atoms with Crippen molar-refractivity contribution in [3.05, 3.63) is 84.7 Å². The minimum atomic E-state index is -0.397. The largest absolute Gasteiger partial charge is 0.483 e. The highest BCUT2D eigenvalue weighted by Gasteiger charge is 2.08. The van der Waals surface area contributed by atoms with E-state index < -0.39 is 5.91 Å². The van der Waals surface area contributed by atoms with Crippen LogP contribution in [0.2, 0.25) is 0 Å². The molecular formula is C21H18FN3O2S. The Morgan fingerprint density at radius 2 is 1.57 bits per heavy atom. The van der Waals surface area contributed by atoms with Crippen LogP contribution in [0.3, 0.4) is 0 Å². The molecule has 0 saturated heterocycles. The van der Waals surface area contributed by atoms with Gasteiger partial charge >= 0.3 is 0 Å². The lowest BCUT2D eigenvalue weighted by Gasteiger charge is -2.13. The number of carbonyl (C=O) groups excluding carboxylic acids is 1. The first-order valence-electron chi connectivity index (χ1n) is 8.50. The van der Waals surface area contributed by atoms with Gasteiger partial charge in [-0.15, -0.1) is 0 Å². The SMILES string of the molecule is O=C(COc1ccccc1-c1ccccc1)NNC(=S)Nc1ccc(F)cc1. The summed E-state index contributed by atoms with van der Waals surface area (Å²) in [6.45, 7) is -0.185. The van der Waals surface area contributed by atoms with E-state index in [1.807, 2.05) is 54.6 Å². The maximum Gasteiger partial charge on any atom is 0.276 e. The van der Waals surface area contributed by atoms with Gasteiger partial charge in [0.2, 0.25) is 0 Å². The van der Waals surface area contributed by atoms with Crippen molar-refractivity contribution in [2.45, 2.75) is 0 Å². The predicted octanol–water partition coefficient (Wildman–Crippen LogP) is 3.89. The first-order chi connectivity index (χ1) is 13.6. The summed E-state index contributed by atoms with van der Waals surface area (Å²) < 4.78 is 18.6. The number of halogens is 1. The zero-order valence-corrected chi connectivity index (χ0v) is 15.6. The molecule has 0 unspecified atom stereocenters. The van der Waals surface area contributed by atoms with Crippen LogP contribution in [0.4, 0.5) is 10.1 Å². The second-order valence-corrected chi connectivity index (χ2v) is 6.19. The Labute approximate surface area is 167 Å². The highest BCUT2D eigenvalue weighted by atomic mass is 32.1. The van der Waals surface area contributed by atoms with Crippen LogP contribution in [0.15, 0.2) is 78.9 Å². The van der Waals surface area contributed by atoms with Crippen molar-refractivity contribution in [3.8, 4) is 16.9 Å². The monoisotopic (exact) mass is 395 g/mol. The summed E-state index contributed by atoms with van der Waals surface area (Å²) >= 11 is 5.08. The second-order valence-electron chi connectivity index (χ2n) is 5.79. The first-order valence-corrected chi connectivity index (χ1v) is 8.91. The minimum absolute atomic E-state index is 0.171. The molecule has 3 aromatic rings. The van der Waals surface area contributed by atoms with Gasteiger partial charge in [0.05, 0.1) is 0 Å². The van der Waals surface area contributed by atoms with Crippen molar-refractivity contribution >= 4 is 28.9 Å². The van der Waals surface area contributed by atoms with E-state index in [9.17, 15) is 9.18 Å². The number of carbonyl (C=O) groups is 1. The molecule has 5 nitrogen and oxygen atoms in total. The standard InChI is InChI=1S/C21H18FN3O2S/c22-16-10-12-17(13-11-16)23-21(28)25-24-20(26)14-27-19-9-5-4-8-18(19)15-6-2-1-3-7-15/h1-13H,14H2,(H,24,26)(H2,23,25,28). The third-order valence-corrected chi connectivity index (χ3v) is 3.95. The van der Waals surface area contributed by atoms with Crippen molar-refractivity contribution in [1.82, 2.24) is 10.9 Å². The van der Waals surface area contributed by atoms with Crippen LogP contribution in [-0.2, 0) is 4.79 Å². The Hall–Kier alpha value is -3.45. The summed E-state index contributed by atoms with van der Waals surface area (Å²) in [7, 11) is 0. The lowest BCUT2D eigenvalue weighted by atomic mass is 10.1. The fraction of sp³-hybridized carbons (Fsp3) is 0.0476. The number of para-hydroxylation sites is 1. The molecule has 3 aromatic carbocycles. The molecule has 0 saturated carbocycles. The van der Waals surface area contributed by atoms with Crippen molar-refractivity contribution in [2.75, 3.05) is 11.9 Å². The maximum atomic E-state index is 12.9. The molecule has 0 aromatic heterocycles. The number of rotatable bonds is 5. The number of hydrazine groups is 1. The fourth-order valence-electron chi connectivity index (χ4n) is 2.45. The van der Waals surface area contributed by atoms with E-state index in [4.69, 9.17) is 17.0 Å². The highest BCUT2D eigenvalue weighted by molar-refractivity contribution is 7.80. The van der Waals surface area contributed by atoms with Crippen LogP contribution < -0.4 is 20.9 Å². The van der Waals surface area contributed by atoms with Crippen LogP contribution in [0.25, 0.3) is 11.1 Å². The van der Waals surface area contributed by atoms with Crippen LogP contribution in [0.1, 0.15) is 0 Å². The molecular weight excluding hydrogens is 377 g/mol. The molecule has 1 amide bonds. The summed E-state index contributed by atoms with van der Waals surface area (Å²) in [4.78, 5) is 12.0. The topological polar surface area (TPSA) is 62.4 Å². The zero-order valence-electron chi connectivity index (χ0n) is 14.8. The average molecular weight is 395 g/mol. The number of thiocarbonyl (C=S) groups is 1. The van der Waals surface area contributed by atoms with Gasteiger partial charge in [-0.1, -0.05) is 48.5 Å². The first kappa shape index (κ1) is 19.3. The fourth-order valence-corrected chi connectivity index (χ4v) is 2.62. The van der Waals surface area contributed by atoms with Crippen molar-refractivity contribution in [2.24, 2.45) is 0 Å². The molecule has 3 rings (SSSR count). The number of benzene rings is 3. The van der Waals surface area contributed by atoms with E-state index in [-0.39, 0.29) is 17.5 Å². The van der Waals surface area contributed by atoms with Gasteiger partial charge in [-0.2, -0.15) is 0 Å². The van der Waals surface area contributed by atoms with Crippen molar-refractivity contribution < 1.29 is 13.9 Å². The Kier molecular flexibility index (Phi) is 6.54. The van der Waals surface area contributed by atoms with Gasteiger partial charge in [0, 0.05) is 11.3 Å². The zero-order chi connectivity index (χ0) is 19.8. The molecule has 0 fully saturated rings. The Bertz CT molecular complexity index is 949. The van der Waals surface area contributed by atoms with Gasteiger partial charge < -0.3 is 10.1 Å². The van der Waals surface area contributed by atoms with E-state index >= 15 is 0 Å². The van der Waals surface area contributed by atoms with E-state index in [1.165, 1.54) is 24.3 Å². The van der Waals surface area contributed by atoms with Crippen LogP contribution >= 0.6 is 12.2 Å². The smallest absolute Gasteiger partial charge is 0.276 e. The lowest BCUT2D eigenvalue weighted by molar-refractivity contribution is -0.123. The summed E-state index contributed by atoms with van der Waals surface area (Å²) in [5, 5.41) is 3.00. The van der Waals surface area contributed by atoms with Crippen LogP contribution in [0.5, 0.6) is 5.75 Å². The third kappa shape index (κ3) is 5.52. The third-order valence-electron chi connectivity index (χ3n) is 3.75. The van der Waals surface area contributed by atoms with Gasteiger partial charge in [-0.25, -0.2) is 4.39 Å². The molecule has 142 valence electrons. The molecule has 7 heteroatoms. The van der Waals surface area contributed by atoms with Crippen molar-refractivity contribution in [3.63, 3.8) is 0 Å². The quantitative estimate of drug-likeness (QED) is 0.452. The molecule has 0 radical (unpaired) electrons. The molecule has 0 bridgehead atoms. The molecule has 3 N–H and O–H groups in total. The van der Waals surface area contributed by atoms with Gasteiger partial charge in [0.15, 0.2) is 11.7 Å². The summed E-state index contributed by atoms with van der Waals surface area (Å²) in [6, 6.07) is 23.0. The van der Waals surface area contributed by atoms with E-state index in [0.717, 1.165) is 11.1 Å². The van der Waals surface area contributed by atoms with Gasteiger partial charge in [-0.3, -0.25) is 15.6 Å². The number of nitrogens with one attached hydrogen (secondary N) is 3. The minimum Gasteiger partial charge on any atom is -0.483 e. The van der Waals surface area contributed by atoms with Gasteiger partial charge in [0.1, 0.15) is 11.6 Å². The molecule has 0 spiro atoms. The molecule has 0 atom stereocenters. The summed E-state index contributed by atoms with van der Waals surface area (Å²) in [6.07, 6.45) is 0. The molecule has 0 aliphatic heterocycles. The number of ether oxygens (including phenoxy) is 1. The lowest BCUT2D eigenvalue weighted by Crippen LogP contribution is -2.45. The molecule has 0 aliphatic carbocycles. The highest BCUT2D eigenvalue weighted by Crippen LogP contribution is 2.29. The second kappa shape index (κ2) is 9.48. The Morgan fingerprint density at radius 1 is 0.893 bits per heavy atom. The van der Waals surface area contributed by atoms with E-state index in [2.05, 4.69) is 16.2 Å². The normalized spacial score (nSPS) is 10.0. The maximum absolute atomic E-state index is 12.9.